The van der Waals surface area contributed by atoms with Crippen LogP contribution >= 0.6 is 0 Å². The normalized spacial score (nSPS) is 50.6. The van der Waals surface area contributed by atoms with Crippen molar-refractivity contribution in [3.05, 3.63) is 0 Å². The molecule has 0 amide bonds. The molecule has 24 heavy (non-hydrogen) atoms. The fourth-order valence-electron chi connectivity index (χ4n) is 7.34. The average Bonchev–Trinajstić information content (AvgIpc) is 2.81. The minimum atomic E-state index is -0.129. The zero-order chi connectivity index (χ0) is 17.1. The summed E-state index contributed by atoms with van der Waals surface area (Å²) in [7, 11) is 0. The molecule has 4 rings (SSSR count). The second-order valence-electron chi connectivity index (χ2n) is 9.78. The van der Waals surface area contributed by atoms with Crippen molar-refractivity contribution in [2.24, 2.45) is 34.5 Å². The lowest BCUT2D eigenvalue weighted by Gasteiger charge is -2.60. The number of hydrogen-bond acceptors (Lipinski definition) is 3. The molecule has 7 atom stereocenters. The number of carbonyl (C=O) groups is 2. The van der Waals surface area contributed by atoms with E-state index in [0.717, 1.165) is 37.5 Å². The SMILES string of the molecule is CC(=O)O[C@H]1CC[C@]2(C)[C@H](CC[C@@H]3[C@H]2CC[C@]2(C)CC(=O)C[C@@H]32)C1. The molecule has 4 aliphatic carbocycles. The summed E-state index contributed by atoms with van der Waals surface area (Å²) in [5, 5.41) is 0. The van der Waals surface area contributed by atoms with Crippen molar-refractivity contribution in [1.82, 2.24) is 0 Å². The molecule has 0 unspecified atom stereocenters. The van der Waals surface area contributed by atoms with Crippen molar-refractivity contribution in [2.75, 3.05) is 0 Å². The van der Waals surface area contributed by atoms with Gasteiger partial charge in [-0.3, -0.25) is 9.59 Å². The largest absolute Gasteiger partial charge is 0.463 e. The molecule has 0 aliphatic heterocycles. The standard InChI is InChI=1S/C21H32O3/c1-13(22)24-16-6-9-21(3)14(10-16)4-5-17-18(21)7-8-20(2)12-15(23)11-19(17)20/h14,16-19H,4-12H2,1-3H3/t14-,16+,17-,18-,19+,20-,21-/m1/s1. The first kappa shape index (κ1) is 16.6. The minimum absolute atomic E-state index is 0.129. The van der Waals surface area contributed by atoms with Gasteiger partial charge in [-0.05, 0) is 79.4 Å². The van der Waals surface area contributed by atoms with Gasteiger partial charge in [0, 0.05) is 19.8 Å². The first-order valence-corrected chi connectivity index (χ1v) is 10.0. The Morgan fingerprint density at radius 2 is 1.88 bits per heavy atom. The lowest BCUT2D eigenvalue weighted by Crippen LogP contribution is -2.53. The number of rotatable bonds is 1. The quantitative estimate of drug-likeness (QED) is 0.663. The van der Waals surface area contributed by atoms with E-state index in [1.165, 1.54) is 39.0 Å². The molecule has 4 aliphatic rings. The van der Waals surface area contributed by atoms with Crippen LogP contribution in [-0.2, 0) is 14.3 Å². The van der Waals surface area contributed by atoms with Crippen molar-refractivity contribution < 1.29 is 14.3 Å². The Hall–Kier alpha value is -0.860. The van der Waals surface area contributed by atoms with Gasteiger partial charge in [-0.25, -0.2) is 0 Å². The zero-order valence-electron chi connectivity index (χ0n) is 15.5. The van der Waals surface area contributed by atoms with Crippen LogP contribution in [0.25, 0.3) is 0 Å². The van der Waals surface area contributed by atoms with Crippen LogP contribution in [0.3, 0.4) is 0 Å². The summed E-state index contributed by atoms with van der Waals surface area (Å²) >= 11 is 0. The predicted molar refractivity (Wildman–Crippen MR) is 92.3 cm³/mol. The molecule has 134 valence electrons. The summed E-state index contributed by atoms with van der Waals surface area (Å²) in [4.78, 5) is 23.5. The van der Waals surface area contributed by atoms with Crippen LogP contribution in [0.4, 0.5) is 0 Å². The van der Waals surface area contributed by atoms with Crippen molar-refractivity contribution in [2.45, 2.75) is 84.7 Å². The molecule has 0 bridgehead atoms. The lowest BCUT2D eigenvalue weighted by molar-refractivity contribution is -0.159. The molecule has 0 aromatic heterocycles. The summed E-state index contributed by atoms with van der Waals surface area (Å²) < 4.78 is 5.54. The van der Waals surface area contributed by atoms with Crippen molar-refractivity contribution >= 4 is 11.8 Å². The molecular formula is C21H32O3. The van der Waals surface area contributed by atoms with Crippen molar-refractivity contribution in [3.63, 3.8) is 0 Å². The van der Waals surface area contributed by atoms with Gasteiger partial charge in [-0.15, -0.1) is 0 Å². The molecule has 0 aromatic rings. The van der Waals surface area contributed by atoms with Crippen LogP contribution in [0.15, 0.2) is 0 Å². The first-order valence-electron chi connectivity index (χ1n) is 10.0. The molecule has 3 heteroatoms. The van der Waals surface area contributed by atoms with E-state index < -0.39 is 0 Å². The Labute approximate surface area is 145 Å². The van der Waals surface area contributed by atoms with Gasteiger partial charge >= 0.3 is 5.97 Å². The van der Waals surface area contributed by atoms with E-state index in [-0.39, 0.29) is 17.5 Å². The topological polar surface area (TPSA) is 43.4 Å². The second-order valence-corrected chi connectivity index (χ2v) is 9.78. The van der Waals surface area contributed by atoms with E-state index in [2.05, 4.69) is 13.8 Å². The van der Waals surface area contributed by atoms with Crippen LogP contribution in [0, 0.1) is 34.5 Å². The number of Topliss-reactive ketones (excluding diaryl/α,β-unsaturated/α-hetero) is 1. The van der Waals surface area contributed by atoms with E-state index in [9.17, 15) is 9.59 Å². The van der Waals surface area contributed by atoms with E-state index in [0.29, 0.717) is 23.0 Å². The summed E-state index contributed by atoms with van der Waals surface area (Å²) in [5.74, 6) is 3.23. The molecule has 3 nitrogen and oxygen atoms in total. The number of hydrogen-bond donors (Lipinski definition) is 0. The molecular weight excluding hydrogens is 300 g/mol. The van der Waals surface area contributed by atoms with E-state index in [4.69, 9.17) is 4.74 Å². The smallest absolute Gasteiger partial charge is 0.302 e. The maximum absolute atomic E-state index is 12.1. The van der Waals surface area contributed by atoms with Gasteiger partial charge in [-0.1, -0.05) is 13.8 Å². The highest BCUT2D eigenvalue weighted by Gasteiger charge is 2.59. The van der Waals surface area contributed by atoms with E-state index in [1.807, 2.05) is 0 Å². The Kier molecular flexibility index (Phi) is 3.85. The molecule has 0 radical (unpaired) electrons. The Morgan fingerprint density at radius 1 is 1.08 bits per heavy atom. The number of esters is 1. The fourth-order valence-corrected chi connectivity index (χ4v) is 7.34. The third-order valence-electron chi connectivity index (χ3n) is 8.52. The maximum Gasteiger partial charge on any atom is 0.302 e. The summed E-state index contributed by atoms with van der Waals surface area (Å²) in [6.07, 6.45) is 10.2. The number of carbonyl (C=O) groups excluding carboxylic acids is 2. The minimum Gasteiger partial charge on any atom is -0.463 e. The lowest BCUT2D eigenvalue weighted by atomic mass is 9.45. The predicted octanol–water partition coefficient (Wildman–Crippen LogP) is 4.53. The average molecular weight is 332 g/mol. The molecule has 0 spiro atoms. The summed E-state index contributed by atoms with van der Waals surface area (Å²) in [5.41, 5.74) is 0.683. The third kappa shape index (κ3) is 2.45. The van der Waals surface area contributed by atoms with Crippen molar-refractivity contribution in [3.8, 4) is 0 Å². The van der Waals surface area contributed by atoms with Gasteiger partial charge < -0.3 is 4.74 Å². The molecule has 4 saturated carbocycles. The van der Waals surface area contributed by atoms with Crippen LogP contribution in [0.1, 0.15) is 78.6 Å². The van der Waals surface area contributed by atoms with Gasteiger partial charge in [0.05, 0.1) is 0 Å². The monoisotopic (exact) mass is 332 g/mol. The Morgan fingerprint density at radius 3 is 2.62 bits per heavy atom. The van der Waals surface area contributed by atoms with Gasteiger partial charge in [0.15, 0.2) is 0 Å². The summed E-state index contributed by atoms with van der Waals surface area (Å²) in [6.45, 7) is 6.42. The first-order chi connectivity index (χ1) is 11.3. The molecule has 0 aromatic carbocycles. The van der Waals surface area contributed by atoms with Crippen LogP contribution < -0.4 is 0 Å². The molecule has 0 N–H and O–H groups in total. The van der Waals surface area contributed by atoms with E-state index >= 15 is 0 Å². The van der Waals surface area contributed by atoms with Gasteiger partial charge in [0.2, 0.25) is 0 Å². The number of ether oxygens (including phenoxy) is 1. The van der Waals surface area contributed by atoms with Crippen molar-refractivity contribution in [1.29, 1.82) is 0 Å². The molecule has 4 fully saturated rings. The van der Waals surface area contributed by atoms with Crippen LogP contribution in [0.2, 0.25) is 0 Å². The Bertz CT molecular complexity index is 555. The van der Waals surface area contributed by atoms with Gasteiger partial charge in [0.1, 0.15) is 11.9 Å². The maximum atomic E-state index is 12.1. The number of fused-ring (bicyclic) bond motifs is 5. The van der Waals surface area contributed by atoms with E-state index in [1.54, 1.807) is 0 Å². The highest BCUT2D eigenvalue weighted by Crippen LogP contribution is 2.65. The Balaban J connectivity index is 1.54. The second kappa shape index (κ2) is 5.57. The summed E-state index contributed by atoms with van der Waals surface area (Å²) in [6, 6.07) is 0. The zero-order valence-corrected chi connectivity index (χ0v) is 15.5. The van der Waals surface area contributed by atoms with Crippen LogP contribution in [-0.4, -0.2) is 17.9 Å². The number of ketones is 1. The highest BCUT2D eigenvalue weighted by atomic mass is 16.5. The van der Waals surface area contributed by atoms with Gasteiger partial charge in [0.25, 0.3) is 0 Å². The van der Waals surface area contributed by atoms with Gasteiger partial charge in [-0.2, -0.15) is 0 Å². The molecule has 0 saturated heterocycles. The third-order valence-corrected chi connectivity index (χ3v) is 8.52. The molecule has 0 heterocycles. The van der Waals surface area contributed by atoms with Crippen LogP contribution in [0.5, 0.6) is 0 Å². The highest BCUT2D eigenvalue weighted by molar-refractivity contribution is 5.82. The fraction of sp³-hybridized carbons (Fsp3) is 0.905.